The quantitative estimate of drug-likeness (QED) is 0.883. The van der Waals surface area contributed by atoms with Crippen molar-refractivity contribution in [3.05, 3.63) is 22.7 Å². The highest BCUT2D eigenvalue weighted by molar-refractivity contribution is 6.31. The number of halogens is 1. The molecule has 100 valence electrons. The van der Waals surface area contributed by atoms with Gasteiger partial charge in [0.15, 0.2) is 11.5 Å². The summed E-state index contributed by atoms with van der Waals surface area (Å²) in [5, 5.41) is 10.7. The first-order valence-corrected chi connectivity index (χ1v) is 6.45. The van der Waals surface area contributed by atoms with Crippen LogP contribution in [0.1, 0.15) is 31.9 Å². The molecule has 1 aromatic rings. The third-order valence-electron chi connectivity index (χ3n) is 3.45. The molecule has 5 heteroatoms. The van der Waals surface area contributed by atoms with Crippen LogP contribution in [-0.4, -0.2) is 18.0 Å². The zero-order valence-corrected chi connectivity index (χ0v) is 11.3. The Morgan fingerprint density at radius 1 is 1.39 bits per heavy atom. The Labute approximate surface area is 112 Å². The monoisotopic (exact) mass is 271 g/mol. The first kappa shape index (κ1) is 13.5. The first-order chi connectivity index (χ1) is 8.54. The van der Waals surface area contributed by atoms with E-state index in [-0.39, 0.29) is 12.7 Å². The van der Waals surface area contributed by atoms with Crippen molar-refractivity contribution in [1.82, 2.24) is 0 Å². The molecule has 2 rings (SSSR count). The normalized spacial score (nSPS) is 18.5. The van der Waals surface area contributed by atoms with E-state index in [2.05, 4.69) is 0 Å². The van der Waals surface area contributed by atoms with Gasteiger partial charge in [-0.3, -0.25) is 0 Å². The summed E-state index contributed by atoms with van der Waals surface area (Å²) < 4.78 is 10.5. The van der Waals surface area contributed by atoms with Crippen LogP contribution < -0.4 is 15.2 Å². The summed E-state index contributed by atoms with van der Waals surface area (Å²) in [6.07, 6.45) is 0.227. The highest BCUT2D eigenvalue weighted by atomic mass is 35.5. The largest absolute Gasteiger partial charge is 0.454 e. The van der Waals surface area contributed by atoms with Crippen LogP contribution in [0, 0.1) is 5.92 Å². The smallest absolute Gasteiger partial charge is 0.231 e. The number of aliphatic hydroxyl groups is 1. The Morgan fingerprint density at radius 2 is 2.00 bits per heavy atom. The average Bonchev–Trinajstić information content (AvgIpc) is 2.82. The fraction of sp³-hybridized carbons (Fsp3) is 0.538. The van der Waals surface area contributed by atoms with Gasteiger partial charge < -0.3 is 20.3 Å². The van der Waals surface area contributed by atoms with Gasteiger partial charge in [-0.2, -0.15) is 0 Å². The van der Waals surface area contributed by atoms with Gasteiger partial charge in [0.05, 0.1) is 12.1 Å². The Hall–Kier alpha value is -0.970. The second kappa shape index (κ2) is 5.34. The predicted molar refractivity (Wildman–Crippen MR) is 70.0 cm³/mol. The molecule has 0 aromatic heterocycles. The lowest BCUT2D eigenvalue weighted by Crippen LogP contribution is -2.31. The third kappa shape index (κ3) is 2.41. The third-order valence-corrected chi connectivity index (χ3v) is 3.77. The van der Waals surface area contributed by atoms with Crippen molar-refractivity contribution in [3.8, 4) is 11.5 Å². The van der Waals surface area contributed by atoms with Crippen molar-refractivity contribution in [2.75, 3.05) is 6.79 Å². The molecular formula is C13H18ClNO3. The molecule has 0 saturated carbocycles. The average molecular weight is 272 g/mol. The van der Waals surface area contributed by atoms with Gasteiger partial charge in [0, 0.05) is 11.1 Å². The predicted octanol–water partition coefficient (Wildman–Crippen LogP) is 2.48. The zero-order valence-electron chi connectivity index (χ0n) is 10.5. The van der Waals surface area contributed by atoms with Crippen LogP contribution in [0.25, 0.3) is 0 Å². The van der Waals surface area contributed by atoms with Crippen molar-refractivity contribution in [3.63, 3.8) is 0 Å². The molecule has 0 amide bonds. The summed E-state index contributed by atoms with van der Waals surface area (Å²) in [6, 6.07) is 2.91. The fourth-order valence-electron chi connectivity index (χ4n) is 1.97. The molecule has 4 nitrogen and oxygen atoms in total. The van der Waals surface area contributed by atoms with Crippen LogP contribution in [0.15, 0.2) is 12.1 Å². The second-order valence-electron chi connectivity index (χ2n) is 4.63. The Kier molecular flexibility index (Phi) is 4.00. The molecule has 18 heavy (non-hydrogen) atoms. The van der Waals surface area contributed by atoms with Crippen LogP contribution in [0.5, 0.6) is 11.5 Å². The van der Waals surface area contributed by atoms with E-state index < -0.39 is 12.1 Å². The summed E-state index contributed by atoms with van der Waals surface area (Å²) in [6.45, 7) is 4.17. The van der Waals surface area contributed by atoms with E-state index in [1.165, 1.54) is 0 Å². The highest BCUT2D eigenvalue weighted by Gasteiger charge is 2.26. The van der Waals surface area contributed by atoms with Crippen molar-refractivity contribution in [2.24, 2.45) is 11.7 Å². The summed E-state index contributed by atoms with van der Waals surface area (Å²) in [4.78, 5) is 0. The number of fused-ring (bicyclic) bond motifs is 1. The lowest BCUT2D eigenvalue weighted by atomic mass is 9.91. The summed E-state index contributed by atoms with van der Waals surface area (Å²) in [5.74, 6) is 1.36. The molecule has 1 aromatic carbocycles. The van der Waals surface area contributed by atoms with Gasteiger partial charge in [-0.05, 0) is 17.5 Å². The van der Waals surface area contributed by atoms with Gasteiger partial charge in [0.25, 0.3) is 0 Å². The number of nitrogens with two attached hydrogens (primary N) is 1. The molecule has 0 fully saturated rings. The van der Waals surface area contributed by atoms with Crippen molar-refractivity contribution >= 4 is 11.6 Å². The van der Waals surface area contributed by atoms with Gasteiger partial charge >= 0.3 is 0 Å². The van der Waals surface area contributed by atoms with E-state index >= 15 is 0 Å². The number of ether oxygens (including phenoxy) is 2. The zero-order chi connectivity index (χ0) is 13.3. The van der Waals surface area contributed by atoms with Gasteiger partial charge in [-0.1, -0.05) is 31.9 Å². The molecule has 3 atom stereocenters. The van der Waals surface area contributed by atoms with Crippen LogP contribution in [-0.2, 0) is 0 Å². The van der Waals surface area contributed by atoms with Crippen LogP contribution in [0.2, 0.25) is 5.02 Å². The van der Waals surface area contributed by atoms with E-state index in [1.807, 2.05) is 13.8 Å². The standard InChI is InChI=1S/C13H18ClNO3/c1-3-7(2)13(16)12(15)8-4-10-11(5-9(8)14)18-6-17-10/h4-5,7,12-13,16H,3,6,15H2,1-2H3/t7?,12-,13+/m1/s1. The van der Waals surface area contributed by atoms with Crippen LogP contribution >= 0.6 is 11.6 Å². The molecule has 3 N–H and O–H groups in total. The van der Waals surface area contributed by atoms with Gasteiger partial charge in [0.1, 0.15) is 0 Å². The van der Waals surface area contributed by atoms with E-state index in [0.717, 1.165) is 6.42 Å². The van der Waals surface area contributed by atoms with E-state index in [1.54, 1.807) is 12.1 Å². The topological polar surface area (TPSA) is 64.7 Å². The molecule has 1 aliphatic rings. The van der Waals surface area contributed by atoms with E-state index in [9.17, 15) is 5.11 Å². The SMILES string of the molecule is CCC(C)[C@H](O)[C@H](N)c1cc2c(cc1Cl)OCO2. The molecule has 0 spiro atoms. The number of benzene rings is 1. The van der Waals surface area contributed by atoms with E-state index in [4.69, 9.17) is 26.8 Å². The minimum atomic E-state index is -0.632. The summed E-state index contributed by atoms with van der Waals surface area (Å²) >= 11 is 6.17. The molecule has 1 heterocycles. The van der Waals surface area contributed by atoms with Crippen LogP contribution in [0.4, 0.5) is 0 Å². The molecule has 1 aliphatic heterocycles. The van der Waals surface area contributed by atoms with Crippen molar-refractivity contribution < 1.29 is 14.6 Å². The van der Waals surface area contributed by atoms with Gasteiger partial charge in [-0.25, -0.2) is 0 Å². The molecule has 1 unspecified atom stereocenters. The summed E-state index contributed by atoms with van der Waals surface area (Å²) in [5.41, 5.74) is 6.77. The maximum absolute atomic E-state index is 10.2. The van der Waals surface area contributed by atoms with E-state index in [0.29, 0.717) is 22.1 Å². The minimum Gasteiger partial charge on any atom is -0.454 e. The first-order valence-electron chi connectivity index (χ1n) is 6.07. The van der Waals surface area contributed by atoms with Crippen LogP contribution in [0.3, 0.4) is 0 Å². The maximum atomic E-state index is 10.2. The number of hydrogen-bond acceptors (Lipinski definition) is 4. The number of hydrogen-bond donors (Lipinski definition) is 2. The lowest BCUT2D eigenvalue weighted by Gasteiger charge is -2.25. The Bertz CT molecular complexity index is 438. The molecule has 0 radical (unpaired) electrons. The minimum absolute atomic E-state index is 0.112. The Balaban J connectivity index is 2.28. The molecular weight excluding hydrogens is 254 g/mol. The molecule has 0 bridgehead atoms. The lowest BCUT2D eigenvalue weighted by molar-refractivity contribution is 0.0879. The number of aliphatic hydroxyl groups excluding tert-OH is 1. The van der Waals surface area contributed by atoms with Gasteiger partial charge in [0.2, 0.25) is 6.79 Å². The molecule has 0 aliphatic carbocycles. The van der Waals surface area contributed by atoms with Crippen molar-refractivity contribution in [2.45, 2.75) is 32.4 Å². The molecule has 0 saturated heterocycles. The number of rotatable bonds is 4. The van der Waals surface area contributed by atoms with Crippen molar-refractivity contribution in [1.29, 1.82) is 0 Å². The summed E-state index contributed by atoms with van der Waals surface area (Å²) in [7, 11) is 0. The second-order valence-corrected chi connectivity index (χ2v) is 5.04. The maximum Gasteiger partial charge on any atom is 0.231 e. The highest BCUT2D eigenvalue weighted by Crippen LogP contribution is 2.39. The fourth-order valence-corrected chi connectivity index (χ4v) is 2.25. The Morgan fingerprint density at radius 3 is 2.61 bits per heavy atom. The van der Waals surface area contributed by atoms with Gasteiger partial charge in [-0.15, -0.1) is 0 Å².